The van der Waals surface area contributed by atoms with Gasteiger partial charge in [0, 0.05) is 30.6 Å². The Balaban J connectivity index is 1.80. The third kappa shape index (κ3) is 3.11. The highest BCUT2D eigenvalue weighted by molar-refractivity contribution is 6.13. The number of aromatic nitrogens is 3. The number of carbonyl (C=O) groups excluding carboxylic acids is 1. The highest BCUT2D eigenvalue weighted by Gasteiger charge is 2.28. The predicted octanol–water partition coefficient (Wildman–Crippen LogP) is 2.94. The Hall–Kier alpha value is -3.06. The van der Waals surface area contributed by atoms with Crippen LogP contribution in [0.3, 0.4) is 0 Å². The molecule has 1 aromatic carbocycles. The molecule has 0 unspecified atom stereocenters. The molecule has 1 aliphatic heterocycles. The molecular weight excluding hydrogens is 366 g/mol. The van der Waals surface area contributed by atoms with E-state index in [1.807, 2.05) is 25.1 Å². The topological polar surface area (TPSA) is 94.2 Å². The molecule has 1 saturated heterocycles. The number of Topliss-reactive ketones (excluding diaryl/α,β-unsaturated/α-hetero) is 1. The van der Waals surface area contributed by atoms with E-state index in [2.05, 4.69) is 16.0 Å². The zero-order chi connectivity index (χ0) is 20.0. The highest BCUT2D eigenvalue weighted by atomic mass is 16.5. The van der Waals surface area contributed by atoms with Crippen LogP contribution in [0.4, 0.5) is 11.8 Å². The van der Waals surface area contributed by atoms with Crippen molar-refractivity contribution in [3.63, 3.8) is 0 Å². The highest BCUT2D eigenvalue weighted by Crippen LogP contribution is 2.38. The zero-order valence-electron chi connectivity index (χ0n) is 16.4. The smallest absolute Gasteiger partial charge is 0.229 e. The second-order valence-electron chi connectivity index (χ2n) is 7.66. The van der Waals surface area contributed by atoms with Crippen LogP contribution in [0, 0.1) is 6.92 Å². The quantitative estimate of drug-likeness (QED) is 0.720. The number of nitrogens with two attached hydrogens (primary N) is 1. The predicted molar refractivity (Wildman–Crippen MR) is 112 cm³/mol. The first-order chi connectivity index (χ1) is 14.1. The number of nitrogens with zero attached hydrogens (tertiary/aromatic N) is 4. The van der Waals surface area contributed by atoms with Gasteiger partial charge in [0.1, 0.15) is 5.82 Å². The lowest BCUT2D eigenvalue weighted by molar-refractivity contribution is 0.0972. The van der Waals surface area contributed by atoms with E-state index in [1.165, 1.54) is 0 Å². The summed E-state index contributed by atoms with van der Waals surface area (Å²) >= 11 is 0. The Labute approximate surface area is 168 Å². The van der Waals surface area contributed by atoms with Crippen LogP contribution in [0.15, 0.2) is 24.3 Å². The van der Waals surface area contributed by atoms with Crippen molar-refractivity contribution in [3.8, 4) is 11.1 Å². The van der Waals surface area contributed by atoms with Gasteiger partial charge < -0.3 is 15.4 Å². The van der Waals surface area contributed by atoms with Crippen molar-refractivity contribution >= 4 is 28.6 Å². The number of ether oxygens (including phenoxy) is 1. The molecule has 1 fully saturated rings. The minimum Gasteiger partial charge on any atom is -0.383 e. The molecule has 1 aliphatic carbocycles. The van der Waals surface area contributed by atoms with Crippen molar-refractivity contribution in [1.29, 1.82) is 0 Å². The molecule has 0 spiro atoms. The van der Waals surface area contributed by atoms with E-state index < -0.39 is 0 Å². The monoisotopic (exact) mass is 389 g/mol. The molecule has 2 aromatic heterocycles. The number of anilines is 2. The second kappa shape index (κ2) is 7.08. The minimum absolute atomic E-state index is 0.119. The Morgan fingerprint density at radius 1 is 1.07 bits per heavy atom. The number of fused-ring (bicyclic) bond motifs is 2. The van der Waals surface area contributed by atoms with Crippen LogP contribution in [-0.2, 0) is 11.2 Å². The molecule has 0 bridgehead atoms. The molecule has 0 radical (unpaired) electrons. The fraction of sp³-hybridized carbons (Fsp3) is 0.364. The number of rotatable bonds is 2. The van der Waals surface area contributed by atoms with Gasteiger partial charge >= 0.3 is 0 Å². The summed E-state index contributed by atoms with van der Waals surface area (Å²) in [7, 11) is 0. The van der Waals surface area contributed by atoms with Gasteiger partial charge in [-0.25, -0.2) is 4.98 Å². The van der Waals surface area contributed by atoms with Gasteiger partial charge in [0.25, 0.3) is 0 Å². The maximum Gasteiger partial charge on any atom is 0.229 e. The number of hydrogen-bond donors (Lipinski definition) is 1. The summed E-state index contributed by atoms with van der Waals surface area (Å²) in [6, 6.07) is 8.12. The van der Waals surface area contributed by atoms with E-state index in [1.54, 1.807) is 0 Å². The first kappa shape index (κ1) is 18.0. The fourth-order valence-corrected chi connectivity index (χ4v) is 4.24. The molecular formula is C22H23N5O2. The first-order valence-electron chi connectivity index (χ1n) is 10.0. The van der Waals surface area contributed by atoms with Crippen LogP contribution >= 0.6 is 0 Å². The van der Waals surface area contributed by atoms with E-state index >= 15 is 0 Å². The minimum atomic E-state index is 0.119. The van der Waals surface area contributed by atoms with Crippen molar-refractivity contribution < 1.29 is 9.53 Å². The summed E-state index contributed by atoms with van der Waals surface area (Å²) in [6.07, 6.45) is 2.12. The second-order valence-corrected chi connectivity index (χ2v) is 7.66. The number of carbonyl (C=O) groups is 1. The molecule has 0 amide bonds. The molecule has 29 heavy (non-hydrogen) atoms. The third-order valence-corrected chi connectivity index (χ3v) is 5.63. The van der Waals surface area contributed by atoms with Gasteiger partial charge in [-0.05, 0) is 25.3 Å². The molecule has 5 rings (SSSR count). The summed E-state index contributed by atoms with van der Waals surface area (Å²) < 4.78 is 5.43. The average molecular weight is 389 g/mol. The standard InChI is InChI=1S/C22H23N5O2/c1-13-4-2-5-14(12-13)17-18-15(6-3-7-16(18)28)24-21-19(17)20(23)25-22(26-21)27-8-10-29-11-9-27/h2,4-5,12H,3,6-11H2,1H3,(H2,23,24,25,26). The molecule has 3 heterocycles. The number of benzene rings is 1. The molecule has 7 heteroatoms. The van der Waals surface area contributed by atoms with Crippen LogP contribution in [0.25, 0.3) is 22.2 Å². The van der Waals surface area contributed by atoms with E-state index in [-0.39, 0.29) is 5.78 Å². The van der Waals surface area contributed by atoms with Crippen LogP contribution in [-0.4, -0.2) is 47.0 Å². The number of nitrogen functional groups attached to an aromatic ring is 1. The molecule has 2 aliphatic rings. The zero-order valence-corrected chi connectivity index (χ0v) is 16.4. The number of hydrogen-bond acceptors (Lipinski definition) is 7. The lowest BCUT2D eigenvalue weighted by atomic mass is 9.86. The molecule has 0 atom stereocenters. The molecule has 0 saturated carbocycles. The first-order valence-corrected chi connectivity index (χ1v) is 10.0. The summed E-state index contributed by atoms with van der Waals surface area (Å²) in [5.74, 6) is 1.05. The van der Waals surface area contributed by atoms with E-state index in [9.17, 15) is 4.79 Å². The lowest BCUT2D eigenvalue weighted by Crippen LogP contribution is -2.37. The van der Waals surface area contributed by atoms with Crippen LogP contribution in [0.5, 0.6) is 0 Å². The van der Waals surface area contributed by atoms with Crippen molar-refractivity contribution in [3.05, 3.63) is 41.1 Å². The van der Waals surface area contributed by atoms with Crippen molar-refractivity contribution in [2.75, 3.05) is 36.9 Å². The average Bonchev–Trinajstić information content (AvgIpc) is 2.73. The van der Waals surface area contributed by atoms with E-state index in [0.717, 1.165) is 48.3 Å². The third-order valence-electron chi connectivity index (χ3n) is 5.63. The Bertz CT molecular complexity index is 1120. The van der Waals surface area contributed by atoms with Crippen molar-refractivity contribution in [1.82, 2.24) is 15.0 Å². The van der Waals surface area contributed by atoms with Gasteiger partial charge in [-0.1, -0.05) is 29.8 Å². The molecule has 148 valence electrons. The Morgan fingerprint density at radius 2 is 1.90 bits per heavy atom. The Morgan fingerprint density at radius 3 is 2.69 bits per heavy atom. The van der Waals surface area contributed by atoms with Crippen molar-refractivity contribution in [2.45, 2.75) is 26.2 Å². The lowest BCUT2D eigenvalue weighted by Gasteiger charge is -2.27. The summed E-state index contributed by atoms with van der Waals surface area (Å²) in [5.41, 5.74) is 11.4. The van der Waals surface area contributed by atoms with Gasteiger partial charge in [-0.15, -0.1) is 0 Å². The largest absolute Gasteiger partial charge is 0.383 e. The van der Waals surface area contributed by atoms with Gasteiger partial charge in [-0.2, -0.15) is 9.97 Å². The normalized spacial score (nSPS) is 16.9. The number of pyridine rings is 1. The maximum absolute atomic E-state index is 12.9. The number of ketones is 1. The molecule has 7 nitrogen and oxygen atoms in total. The van der Waals surface area contributed by atoms with Gasteiger partial charge in [-0.3, -0.25) is 4.79 Å². The SMILES string of the molecule is Cc1cccc(-c2c3c(nc4nc(N5CCOCC5)nc(N)c24)CCCC3=O)c1. The van der Waals surface area contributed by atoms with Gasteiger partial charge in [0.05, 0.1) is 24.3 Å². The Kier molecular flexibility index (Phi) is 4.39. The fourth-order valence-electron chi connectivity index (χ4n) is 4.24. The van der Waals surface area contributed by atoms with E-state index in [0.29, 0.717) is 48.0 Å². The van der Waals surface area contributed by atoms with Crippen molar-refractivity contribution in [2.24, 2.45) is 0 Å². The van der Waals surface area contributed by atoms with E-state index in [4.69, 9.17) is 20.4 Å². The summed E-state index contributed by atoms with van der Waals surface area (Å²) in [6.45, 7) is 4.76. The summed E-state index contributed by atoms with van der Waals surface area (Å²) in [5, 5.41) is 0.668. The molecule has 2 N–H and O–H groups in total. The van der Waals surface area contributed by atoms with Crippen LogP contribution in [0.2, 0.25) is 0 Å². The van der Waals surface area contributed by atoms with Gasteiger partial charge in [0.15, 0.2) is 11.4 Å². The van der Waals surface area contributed by atoms with Crippen LogP contribution in [0.1, 0.15) is 34.5 Å². The van der Waals surface area contributed by atoms with Crippen LogP contribution < -0.4 is 10.6 Å². The summed E-state index contributed by atoms with van der Waals surface area (Å²) in [4.78, 5) is 29.1. The maximum atomic E-state index is 12.9. The number of morpholine rings is 1. The number of aryl methyl sites for hydroxylation is 2. The molecule has 3 aromatic rings. The van der Waals surface area contributed by atoms with Gasteiger partial charge in [0.2, 0.25) is 5.95 Å².